The Morgan fingerprint density at radius 1 is 1.31 bits per heavy atom. The van der Waals surface area contributed by atoms with E-state index in [1.54, 1.807) is 0 Å². The van der Waals surface area contributed by atoms with Crippen molar-refractivity contribution in [2.45, 2.75) is 6.92 Å². The number of oxime groups is 1. The Kier molecular flexibility index (Phi) is 2.23. The number of rotatable bonds is 1. The van der Waals surface area contributed by atoms with Gasteiger partial charge >= 0.3 is 0 Å². The molecule has 2 N–H and O–H groups in total. The van der Waals surface area contributed by atoms with E-state index in [1.807, 2.05) is 0 Å². The minimum absolute atomic E-state index is 0.0144. The monoisotopic (exact) mass is 219 g/mol. The highest BCUT2D eigenvalue weighted by Gasteiger charge is 2.42. The Morgan fingerprint density at radius 3 is 2.56 bits per heavy atom. The first-order valence-electron chi connectivity index (χ1n) is 4.67. The Balaban J connectivity index is 2.62. The summed E-state index contributed by atoms with van der Waals surface area (Å²) in [5.74, 6) is -2.28. The number of aromatic hydroxyl groups is 1. The highest BCUT2D eigenvalue weighted by molar-refractivity contribution is 6.36. The van der Waals surface area contributed by atoms with E-state index in [1.165, 1.54) is 25.1 Å². The second-order valence-electron chi connectivity index (χ2n) is 3.60. The summed E-state index contributed by atoms with van der Waals surface area (Å²) in [4.78, 5) is 23.7. The Bertz CT molecular complexity index is 519. The summed E-state index contributed by atoms with van der Waals surface area (Å²) in [6, 6.07) is 4.31. The van der Waals surface area contributed by atoms with E-state index in [2.05, 4.69) is 5.16 Å². The molecule has 0 aromatic heterocycles. The van der Waals surface area contributed by atoms with Gasteiger partial charge in [0.05, 0.1) is 11.3 Å². The summed E-state index contributed by atoms with van der Waals surface area (Å²) < 4.78 is 0. The van der Waals surface area contributed by atoms with Crippen LogP contribution >= 0.6 is 0 Å². The van der Waals surface area contributed by atoms with Gasteiger partial charge in [0, 0.05) is 5.56 Å². The lowest BCUT2D eigenvalue weighted by molar-refractivity contribution is 0.0880. The molecule has 0 spiro atoms. The predicted molar refractivity (Wildman–Crippen MR) is 55.2 cm³/mol. The fourth-order valence-corrected chi connectivity index (χ4v) is 1.86. The van der Waals surface area contributed by atoms with Crippen molar-refractivity contribution in [2.24, 2.45) is 11.1 Å². The van der Waals surface area contributed by atoms with Crippen LogP contribution in [0, 0.1) is 5.92 Å². The summed E-state index contributed by atoms with van der Waals surface area (Å²) in [7, 11) is 0. The second kappa shape index (κ2) is 3.44. The van der Waals surface area contributed by atoms with Crippen LogP contribution in [0.15, 0.2) is 23.4 Å². The fourth-order valence-electron chi connectivity index (χ4n) is 1.86. The van der Waals surface area contributed by atoms with Gasteiger partial charge in [0.15, 0.2) is 11.6 Å². The zero-order valence-electron chi connectivity index (χ0n) is 8.47. The van der Waals surface area contributed by atoms with Crippen LogP contribution in [0.2, 0.25) is 0 Å². The Labute approximate surface area is 91.0 Å². The van der Waals surface area contributed by atoms with Crippen molar-refractivity contribution in [2.75, 3.05) is 0 Å². The molecule has 0 heterocycles. The molecule has 2 rings (SSSR count). The number of phenols is 1. The lowest BCUT2D eigenvalue weighted by Gasteiger charge is -2.02. The minimum atomic E-state index is -1.10. The molecule has 5 heteroatoms. The smallest absolute Gasteiger partial charge is 0.183 e. The third-order valence-corrected chi connectivity index (χ3v) is 2.65. The molecule has 5 nitrogen and oxygen atoms in total. The number of hydrogen-bond donors (Lipinski definition) is 2. The van der Waals surface area contributed by atoms with Gasteiger partial charge in [-0.05, 0) is 13.0 Å². The molecule has 0 saturated heterocycles. The summed E-state index contributed by atoms with van der Waals surface area (Å²) in [5.41, 5.74) is 0.226. The molecular weight excluding hydrogens is 210 g/mol. The molecule has 1 aromatic carbocycles. The van der Waals surface area contributed by atoms with Crippen LogP contribution in [0.1, 0.15) is 27.6 Å². The van der Waals surface area contributed by atoms with Gasteiger partial charge in [-0.15, -0.1) is 0 Å². The van der Waals surface area contributed by atoms with E-state index in [0.717, 1.165) is 0 Å². The van der Waals surface area contributed by atoms with Crippen molar-refractivity contribution in [1.82, 2.24) is 0 Å². The van der Waals surface area contributed by atoms with E-state index >= 15 is 0 Å². The number of Topliss-reactive ketones (excluding diaryl/α,β-unsaturated/α-hetero) is 2. The third kappa shape index (κ3) is 1.21. The molecule has 0 amide bonds. The Hall–Kier alpha value is -2.17. The van der Waals surface area contributed by atoms with Crippen LogP contribution in [0.4, 0.5) is 0 Å². The minimum Gasteiger partial charge on any atom is -0.507 e. The fraction of sp³-hybridized carbons (Fsp3) is 0.182. The maximum Gasteiger partial charge on any atom is 0.183 e. The first kappa shape index (κ1) is 10.4. The highest BCUT2D eigenvalue weighted by Crippen LogP contribution is 2.33. The van der Waals surface area contributed by atoms with Crippen molar-refractivity contribution in [3.05, 3.63) is 29.3 Å². The van der Waals surface area contributed by atoms with Gasteiger partial charge in [-0.25, -0.2) is 0 Å². The molecule has 16 heavy (non-hydrogen) atoms. The maximum absolute atomic E-state index is 11.9. The standard InChI is InChI=1S/C11H9NO4/c1-5(12-16)8-10(14)6-3-2-4-7(13)9(6)11(8)15/h2-4,8,13,16H,1H3. The number of fused-ring (bicyclic) bond motifs is 1. The van der Waals surface area contributed by atoms with Crippen LogP contribution < -0.4 is 0 Å². The molecule has 0 saturated carbocycles. The summed E-state index contributed by atoms with van der Waals surface area (Å²) in [5, 5.41) is 21.0. The molecule has 1 unspecified atom stereocenters. The number of hydrogen-bond acceptors (Lipinski definition) is 5. The first-order chi connectivity index (χ1) is 7.57. The largest absolute Gasteiger partial charge is 0.507 e. The van der Waals surface area contributed by atoms with E-state index in [9.17, 15) is 14.7 Å². The molecule has 0 radical (unpaired) electrons. The summed E-state index contributed by atoms with van der Waals surface area (Å²) >= 11 is 0. The Morgan fingerprint density at radius 2 is 2.00 bits per heavy atom. The van der Waals surface area contributed by atoms with E-state index in [0.29, 0.717) is 0 Å². The predicted octanol–water partition coefficient (Wildman–Crippen LogP) is 1.24. The maximum atomic E-state index is 11.9. The van der Waals surface area contributed by atoms with Gasteiger partial charge in [0.2, 0.25) is 0 Å². The highest BCUT2D eigenvalue weighted by atomic mass is 16.4. The quantitative estimate of drug-likeness (QED) is 0.322. The number of carbonyl (C=O) groups excluding carboxylic acids is 2. The molecule has 1 atom stereocenters. The molecule has 1 aromatic rings. The molecule has 0 aliphatic heterocycles. The van der Waals surface area contributed by atoms with Crippen LogP contribution in [-0.2, 0) is 0 Å². The topological polar surface area (TPSA) is 87.0 Å². The van der Waals surface area contributed by atoms with Crippen molar-refractivity contribution < 1.29 is 19.9 Å². The molecule has 0 bridgehead atoms. The van der Waals surface area contributed by atoms with Gasteiger partial charge in [0.25, 0.3) is 0 Å². The van der Waals surface area contributed by atoms with E-state index in [-0.39, 0.29) is 22.6 Å². The summed E-state index contributed by atoms with van der Waals surface area (Å²) in [6.45, 7) is 1.39. The average Bonchev–Trinajstić information content (AvgIpc) is 2.52. The van der Waals surface area contributed by atoms with Gasteiger partial charge in [0.1, 0.15) is 11.7 Å². The molecular formula is C11H9NO4. The van der Waals surface area contributed by atoms with Crippen molar-refractivity contribution in [3.63, 3.8) is 0 Å². The zero-order chi connectivity index (χ0) is 11.9. The number of ketones is 2. The number of benzene rings is 1. The SMILES string of the molecule is CC(=NO)C1C(=O)c2cccc(O)c2C1=O. The van der Waals surface area contributed by atoms with Crippen LogP contribution in [0.5, 0.6) is 5.75 Å². The molecule has 1 aliphatic carbocycles. The van der Waals surface area contributed by atoms with Gasteiger partial charge in [-0.2, -0.15) is 0 Å². The van der Waals surface area contributed by atoms with Gasteiger partial charge in [-0.1, -0.05) is 17.3 Å². The molecule has 0 fully saturated rings. The molecule has 82 valence electrons. The summed E-state index contributed by atoms with van der Waals surface area (Å²) in [6.07, 6.45) is 0. The lowest BCUT2D eigenvalue weighted by atomic mass is 9.99. The van der Waals surface area contributed by atoms with Crippen molar-refractivity contribution in [3.8, 4) is 5.75 Å². The van der Waals surface area contributed by atoms with Crippen LogP contribution in [0.3, 0.4) is 0 Å². The number of phenolic OH excluding ortho intramolecular Hbond substituents is 1. The van der Waals surface area contributed by atoms with E-state index < -0.39 is 17.5 Å². The van der Waals surface area contributed by atoms with Gasteiger partial charge in [-0.3, -0.25) is 9.59 Å². The van der Waals surface area contributed by atoms with Crippen LogP contribution in [-0.4, -0.2) is 27.6 Å². The van der Waals surface area contributed by atoms with Crippen molar-refractivity contribution in [1.29, 1.82) is 0 Å². The molecule has 1 aliphatic rings. The third-order valence-electron chi connectivity index (χ3n) is 2.65. The van der Waals surface area contributed by atoms with Crippen LogP contribution in [0.25, 0.3) is 0 Å². The normalized spacial score (nSPS) is 20.1. The van der Waals surface area contributed by atoms with Crippen molar-refractivity contribution >= 4 is 17.3 Å². The number of nitrogens with zero attached hydrogens (tertiary/aromatic N) is 1. The van der Waals surface area contributed by atoms with Gasteiger partial charge < -0.3 is 10.3 Å². The first-order valence-corrected chi connectivity index (χ1v) is 4.67. The van der Waals surface area contributed by atoms with E-state index in [4.69, 9.17) is 5.21 Å². The number of carbonyl (C=O) groups is 2. The average molecular weight is 219 g/mol. The lowest BCUT2D eigenvalue weighted by Crippen LogP contribution is -2.23. The second-order valence-corrected chi connectivity index (χ2v) is 3.60. The zero-order valence-corrected chi connectivity index (χ0v) is 8.47.